The molecule has 0 saturated heterocycles. The van der Waals surface area contributed by atoms with Crippen LogP contribution in [0.5, 0.6) is 11.5 Å². The van der Waals surface area contributed by atoms with Gasteiger partial charge >= 0.3 is 6.18 Å². The third-order valence-corrected chi connectivity index (χ3v) is 14.7. The molecule has 0 radical (unpaired) electrons. The van der Waals surface area contributed by atoms with Crippen molar-refractivity contribution in [3.8, 4) is 22.6 Å². The number of ether oxygens (including phenoxy) is 2. The van der Waals surface area contributed by atoms with E-state index in [0.717, 1.165) is 45.6 Å². The number of unbranched alkanes of at least 4 members (excludes halogenated alkanes) is 2. The predicted octanol–water partition coefficient (Wildman–Crippen LogP) is 14.1. The van der Waals surface area contributed by atoms with Crippen molar-refractivity contribution in [3.05, 3.63) is 131 Å². The van der Waals surface area contributed by atoms with E-state index in [9.17, 15) is 18.0 Å². The number of H-pyrrole nitrogens is 1. The van der Waals surface area contributed by atoms with E-state index in [1.54, 1.807) is 18.2 Å². The lowest BCUT2D eigenvalue weighted by Crippen LogP contribution is -2.49. The molecule has 4 aromatic carbocycles. The Morgan fingerprint density at radius 1 is 0.809 bits per heavy atom. The summed E-state index contributed by atoms with van der Waals surface area (Å²) in [5.74, 6) is 1.35. The molecule has 1 aromatic heterocycles. The van der Waals surface area contributed by atoms with Crippen LogP contribution in [-0.4, -0.2) is 58.8 Å². The number of fused-ring (bicyclic) bond motifs is 3. The van der Waals surface area contributed by atoms with Gasteiger partial charge in [0.05, 0.1) is 13.3 Å². The summed E-state index contributed by atoms with van der Waals surface area (Å²) in [4.78, 5) is 35.9. The number of hydrogen-bond donors (Lipinski definition) is 2. The summed E-state index contributed by atoms with van der Waals surface area (Å²) in [6, 6.07) is 29.2. The summed E-state index contributed by atoms with van der Waals surface area (Å²) in [6.45, 7) is 0.961. The number of benzene rings is 4. The van der Waals surface area contributed by atoms with Gasteiger partial charge in [-0.3, -0.25) is 9.59 Å². The zero-order valence-corrected chi connectivity index (χ0v) is 40.8. The Morgan fingerprint density at radius 3 is 2.03 bits per heavy atom. The first kappa shape index (κ1) is 50.6. The van der Waals surface area contributed by atoms with Crippen LogP contribution in [0.4, 0.5) is 13.2 Å². The van der Waals surface area contributed by atoms with Crippen LogP contribution >= 0.6 is 11.8 Å². The Balaban J connectivity index is 1.04. The van der Waals surface area contributed by atoms with E-state index < -0.39 is 24.0 Å². The van der Waals surface area contributed by atoms with Crippen LogP contribution in [0.25, 0.3) is 11.1 Å². The monoisotopic (exact) mass is 950 g/mol. The first-order valence-electron chi connectivity index (χ1n) is 25.0. The van der Waals surface area contributed by atoms with E-state index in [1.165, 1.54) is 114 Å². The lowest BCUT2D eigenvalue weighted by molar-refractivity contribution is -0.165. The van der Waals surface area contributed by atoms with Gasteiger partial charge in [0.1, 0.15) is 35.8 Å². The number of amides is 2. The number of alkyl halides is 3. The SMILES string of the molecule is CCNC(=O)c1cnc(SCCCCCC2(C(=O)N(Cc3ccc(OCc4ccc(C5CCCCCCCCCCCCC5)cc4)cc3OC)CC(F)(F)F)c3ccccc3-c3ccccc32)[nH]1. The average Bonchev–Trinajstić information content (AvgIpc) is 3.94. The molecule has 12 heteroatoms. The number of nitrogens with one attached hydrogen (secondary N) is 2. The minimum absolute atomic E-state index is 0.212. The number of imidazole rings is 1. The highest BCUT2D eigenvalue weighted by atomic mass is 32.2. The second kappa shape index (κ2) is 24.9. The molecule has 2 N–H and O–H groups in total. The lowest BCUT2D eigenvalue weighted by atomic mass is 9.72. The smallest absolute Gasteiger partial charge is 0.406 e. The topological polar surface area (TPSA) is 96.6 Å². The molecule has 1 heterocycles. The Morgan fingerprint density at radius 2 is 1.43 bits per heavy atom. The van der Waals surface area contributed by atoms with Gasteiger partial charge < -0.3 is 24.7 Å². The molecule has 1 saturated carbocycles. The minimum atomic E-state index is -4.66. The van der Waals surface area contributed by atoms with E-state index in [1.807, 2.05) is 55.5 Å². The number of hydrogen-bond acceptors (Lipinski definition) is 6. The lowest BCUT2D eigenvalue weighted by Gasteiger charge is -2.37. The summed E-state index contributed by atoms with van der Waals surface area (Å²) in [5, 5.41) is 3.40. The molecule has 0 atom stereocenters. The largest absolute Gasteiger partial charge is 0.496 e. The molecule has 1 fully saturated rings. The van der Waals surface area contributed by atoms with E-state index in [2.05, 4.69) is 39.6 Å². The van der Waals surface area contributed by atoms with Crippen molar-refractivity contribution in [2.75, 3.05) is 26.0 Å². The molecular weight excluding hydrogens is 882 g/mol. The summed E-state index contributed by atoms with van der Waals surface area (Å²) in [5.41, 5.74) is 5.09. The van der Waals surface area contributed by atoms with Crippen molar-refractivity contribution >= 4 is 23.6 Å². The molecule has 2 aliphatic carbocycles. The molecule has 364 valence electrons. The molecule has 5 aromatic rings. The van der Waals surface area contributed by atoms with Crippen LogP contribution in [-0.2, 0) is 23.4 Å². The fourth-order valence-corrected chi connectivity index (χ4v) is 11.1. The Kier molecular flexibility index (Phi) is 18.5. The Labute approximate surface area is 405 Å². The molecule has 0 spiro atoms. The molecular formula is C56H69F3N4O4S. The molecule has 0 bridgehead atoms. The zero-order chi connectivity index (χ0) is 47.8. The molecule has 0 aliphatic heterocycles. The summed E-state index contributed by atoms with van der Waals surface area (Å²) >= 11 is 1.50. The third kappa shape index (κ3) is 13.3. The van der Waals surface area contributed by atoms with Crippen LogP contribution in [0.1, 0.15) is 160 Å². The van der Waals surface area contributed by atoms with Crippen LogP contribution in [0.3, 0.4) is 0 Å². The van der Waals surface area contributed by atoms with E-state index in [4.69, 9.17) is 9.47 Å². The highest BCUT2D eigenvalue weighted by molar-refractivity contribution is 7.99. The fourth-order valence-electron chi connectivity index (χ4n) is 10.3. The van der Waals surface area contributed by atoms with Crippen LogP contribution in [0.15, 0.2) is 102 Å². The van der Waals surface area contributed by atoms with Crippen molar-refractivity contribution in [1.29, 1.82) is 0 Å². The van der Waals surface area contributed by atoms with Crippen LogP contribution in [0.2, 0.25) is 0 Å². The van der Waals surface area contributed by atoms with Gasteiger partial charge in [-0.2, -0.15) is 13.2 Å². The van der Waals surface area contributed by atoms with Crippen LogP contribution < -0.4 is 14.8 Å². The van der Waals surface area contributed by atoms with Crippen molar-refractivity contribution in [1.82, 2.24) is 20.2 Å². The predicted molar refractivity (Wildman–Crippen MR) is 266 cm³/mol. The highest BCUT2D eigenvalue weighted by Gasteiger charge is 2.51. The van der Waals surface area contributed by atoms with E-state index >= 15 is 4.79 Å². The molecule has 7 rings (SSSR count). The van der Waals surface area contributed by atoms with Gasteiger partial charge in [0.2, 0.25) is 5.91 Å². The maximum Gasteiger partial charge on any atom is 0.406 e. The first-order valence-corrected chi connectivity index (χ1v) is 26.0. The van der Waals surface area contributed by atoms with Gasteiger partial charge in [-0.1, -0.05) is 168 Å². The second-order valence-corrected chi connectivity index (χ2v) is 19.6. The van der Waals surface area contributed by atoms with Gasteiger partial charge in [0.15, 0.2) is 5.16 Å². The number of methoxy groups -OCH3 is 1. The van der Waals surface area contributed by atoms with Gasteiger partial charge in [-0.05, 0) is 84.0 Å². The van der Waals surface area contributed by atoms with Gasteiger partial charge in [0, 0.05) is 30.5 Å². The van der Waals surface area contributed by atoms with Gasteiger partial charge in [0.25, 0.3) is 5.91 Å². The Bertz CT molecular complexity index is 2320. The standard InChI is InChI=1S/C56H69F3N4O4S/c1-3-60-52(64)50-37-61-54(62-50)68-35-21-13-20-34-55(48-26-18-16-24-46(48)47-25-17-19-27-49(47)55)53(65)63(40-56(57,58)59)38-44-32-33-45(36-51(44)66-2)67-39-41-28-30-43(31-29-41)42-22-14-11-9-7-5-4-6-8-10-12-15-23-42/h16-19,24-33,36-37,42H,3-15,20-23,34-35,38-40H2,1-2H3,(H,60,64)(H,61,62). The molecule has 8 nitrogen and oxygen atoms in total. The number of aromatic nitrogens is 2. The van der Waals surface area contributed by atoms with Gasteiger partial charge in [-0.15, -0.1) is 0 Å². The number of carbonyl (C=O) groups is 2. The van der Waals surface area contributed by atoms with Crippen molar-refractivity contribution < 1.29 is 32.2 Å². The second-order valence-electron chi connectivity index (χ2n) is 18.6. The number of rotatable bonds is 18. The number of halogens is 3. The summed E-state index contributed by atoms with van der Waals surface area (Å²) in [6.07, 6.45) is 16.4. The molecule has 2 amide bonds. The number of nitrogens with zero attached hydrogens (tertiary/aromatic N) is 2. The summed E-state index contributed by atoms with van der Waals surface area (Å²) in [7, 11) is 1.49. The Hall–Kier alpha value is -5.23. The zero-order valence-electron chi connectivity index (χ0n) is 39.9. The minimum Gasteiger partial charge on any atom is -0.496 e. The summed E-state index contributed by atoms with van der Waals surface area (Å²) < 4.78 is 56.0. The highest BCUT2D eigenvalue weighted by Crippen LogP contribution is 2.53. The average molecular weight is 951 g/mol. The van der Waals surface area contributed by atoms with Gasteiger partial charge in [-0.25, -0.2) is 4.98 Å². The maximum absolute atomic E-state index is 15.4. The normalized spacial score (nSPS) is 15.7. The van der Waals surface area contributed by atoms with E-state index in [0.29, 0.717) is 65.6 Å². The fraction of sp³-hybridized carbons (Fsp3) is 0.482. The molecule has 0 unspecified atom stereocenters. The third-order valence-electron chi connectivity index (χ3n) is 13.7. The van der Waals surface area contributed by atoms with Crippen LogP contribution in [0, 0.1) is 0 Å². The van der Waals surface area contributed by atoms with E-state index in [-0.39, 0.29) is 12.5 Å². The molecule has 2 aliphatic rings. The number of thioether (sulfide) groups is 1. The maximum atomic E-state index is 15.4. The van der Waals surface area contributed by atoms with Crippen molar-refractivity contribution in [2.24, 2.45) is 0 Å². The first-order chi connectivity index (χ1) is 33.1. The number of aromatic amines is 1. The molecule has 68 heavy (non-hydrogen) atoms. The number of carbonyl (C=O) groups excluding carboxylic acids is 2. The quantitative estimate of drug-likeness (QED) is 0.0671. The van der Waals surface area contributed by atoms with Crippen molar-refractivity contribution in [2.45, 2.75) is 152 Å². The van der Waals surface area contributed by atoms with Crippen molar-refractivity contribution in [3.63, 3.8) is 0 Å².